The number of nitrogens with zero attached hydrogens (tertiary/aromatic N) is 1. The molecule has 3 unspecified atom stereocenters. The van der Waals surface area contributed by atoms with Crippen LogP contribution in [-0.4, -0.2) is 63.7 Å². The fourth-order valence-corrected chi connectivity index (χ4v) is 4.80. The summed E-state index contributed by atoms with van der Waals surface area (Å²) in [5.41, 5.74) is 0.176. The Bertz CT molecular complexity index is 1310. The normalized spacial score (nSPS) is 13.8. The summed E-state index contributed by atoms with van der Waals surface area (Å²) in [5, 5.41) is 15.8. The Morgan fingerprint density at radius 1 is 0.867 bits per heavy atom. The Morgan fingerprint density at radius 2 is 1.47 bits per heavy atom. The fraction of sp³-hybridized carbons (Fsp3) is 0.543. The van der Waals surface area contributed by atoms with Crippen LogP contribution < -0.4 is 10.6 Å². The Labute approximate surface area is 267 Å². The average molecular weight is 626 g/mol. The van der Waals surface area contributed by atoms with Crippen molar-refractivity contribution in [3.05, 3.63) is 65.2 Å². The molecule has 3 amide bonds. The van der Waals surface area contributed by atoms with Gasteiger partial charge in [0.2, 0.25) is 11.8 Å². The second-order valence-electron chi connectivity index (χ2n) is 13.7. The molecule has 10 nitrogen and oxygen atoms in total. The highest BCUT2D eigenvalue weighted by Crippen LogP contribution is 2.28. The molecular formula is C35H51N3O7. The van der Waals surface area contributed by atoms with Crippen LogP contribution in [-0.2, 0) is 30.3 Å². The van der Waals surface area contributed by atoms with Crippen molar-refractivity contribution in [1.82, 2.24) is 15.5 Å². The maximum atomic E-state index is 14.3. The molecule has 0 radical (unpaired) electrons. The van der Waals surface area contributed by atoms with Gasteiger partial charge < -0.3 is 30.1 Å². The first kappa shape index (κ1) is 37.1. The van der Waals surface area contributed by atoms with Crippen LogP contribution in [0.2, 0.25) is 0 Å². The zero-order chi connectivity index (χ0) is 34.1. The minimum Gasteiger partial charge on any atom is -0.508 e. The first-order chi connectivity index (χ1) is 20.8. The molecule has 0 spiro atoms. The van der Waals surface area contributed by atoms with E-state index in [0.717, 1.165) is 5.56 Å². The van der Waals surface area contributed by atoms with Crippen LogP contribution in [0.1, 0.15) is 91.5 Å². The second kappa shape index (κ2) is 15.8. The third kappa shape index (κ3) is 12.1. The number of aromatic hydroxyl groups is 1. The predicted molar refractivity (Wildman–Crippen MR) is 174 cm³/mol. The lowest BCUT2D eigenvalue weighted by atomic mass is 9.97. The molecule has 2 aromatic rings. The number of hydrogen-bond acceptors (Lipinski definition) is 7. The Balaban J connectivity index is 2.57. The number of ether oxygens (including phenoxy) is 2. The molecule has 0 bridgehead atoms. The molecule has 0 fully saturated rings. The van der Waals surface area contributed by atoms with Gasteiger partial charge in [-0.05, 0) is 96.6 Å². The summed E-state index contributed by atoms with van der Waals surface area (Å²) < 4.78 is 11.1. The number of carbonyl (C=O) groups excluding carboxylic acids is 4. The van der Waals surface area contributed by atoms with Gasteiger partial charge in [-0.1, -0.05) is 50.2 Å². The zero-order valence-corrected chi connectivity index (χ0v) is 28.4. The highest BCUT2D eigenvalue weighted by atomic mass is 16.6. The summed E-state index contributed by atoms with van der Waals surface area (Å²) in [6.07, 6.45) is -0.280. The smallest absolute Gasteiger partial charge is 0.408 e. The van der Waals surface area contributed by atoms with Gasteiger partial charge in [-0.3, -0.25) is 9.59 Å². The van der Waals surface area contributed by atoms with Crippen LogP contribution in [0, 0.1) is 12.8 Å². The van der Waals surface area contributed by atoms with Crippen molar-refractivity contribution in [2.24, 2.45) is 5.92 Å². The van der Waals surface area contributed by atoms with Crippen molar-refractivity contribution >= 4 is 23.9 Å². The van der Waals surface area contributed by atoms with E-state index in [0.29, 0.717) is 17.5 Å². The van der Waals surface area contributed by atoms with Crippen molar-refractivity contribution in [1.29, 1.82) is 0 Å². The first-order valence-corrected chi connectivity index (χ1v) is 15.5. The summed E-state index contributed by atoms with van der Waals surface area (Å²) in [6, 6.07) is 10.7. The van der Waals surface area contributed by atoms with E-state index < -0.39 is 53.2 Å². The number of aryl methyl sites for hydroxylation is 1. The minimum absolute atomic E-state index is 0.0261. The van der Waals surface area contributed by atoms with Gasteiger partial charge >= 0.3 is 12.1 Å². The van der Waals surface area contributed by atoms with Crippen molar-refractivity contribution in [2.45, 2.75) is 111 Å². The quantitative estimate of drug-likeness (QED) is 0.262. The number of hydrogen-bond donors (Lipinski definition) is 3. The lowest BCUT2D eigenvalue weighted by Crippen LogP contribution is -2.55. The number of phenols is 1. The number of benzene rings is 2. The monoisotopic (exact) mass is 625 g/mol. The standard InChI is InChI=1S/C35H51N3O7/c1-11-38(31(41)26(19-22(2)3)37-33(43)45-35(8,9)10)29(25-17-18-28(39)23(4)20-25)30(40)36-27(32(42)44-34(5,6)7)21-24-15-13-12-14-16-24/h12-18,20,22,26-27,29,39H,11,19,21H2,1-10H3,(H,36,40)(H,37,43). The molecule has 45 heavy (non-hydrogen) atoms. The maximum absolute atomic E-state index is 14.3. The van der Waals surface area contributed by atoms with E-state index in [9.17, 15) is 24.3 Å². The van der Waals surface area contributed by atoms with Gasteiger partial charge in [-0.2, -0.15) is 0 Å². The highest BCUT2D eigenvalue weighted by Gasteiger charge is 2.38. The maximum Gasteiger partial charge on any atom is 0.408 e. The van der Waals surface area contributed by atoms with Gasteiger partial charge in [0.05, 0.1) is 0 Å². The SMILES string of the molecule is CCN(C(=O)C(CC(C)C)NC(=O)OC(C)(C)C)C(C(=O)NC(Cc1ccccc1)C(=O)OC(C)(C)C)c1ccc(O)c(C)c1. The number of nitrogens with one attached hydrogen (secondary N) is 2. The molecule has 0 aromatic heterocycles. The summed E-state index contributed by atoms with van der Waals surface area (Å²) in [4.78, 5) is 56.0. The zero-order valence-electron chi connectivity index (χ0n) is 28.4. The molecule has 0 aliphatic rings. The van der Waals surface area contributed by atoms with Gasteiger partial charge in [0.15, 0.2) is 0 Å². The molecule has 3 N–H and O–H groups in total. The molecule has 2 aromatic carbocycles. The summed E-state index contributed by atoms with van der Waals surface area (Å²) in [7, 11) is 0. The van der Waals surface area contributed by atoms with Crippen molar-refractivity contribution in [2.75, 3.05) is 6.54 Å². The number of carbonyl (C=O) groups is 4. The van der Waals surface area contributed by atoms with E-state index in [1.807, 2.05) is 44.2 Å². The van der Waals surface area contributed by atoms with Crippen LogP contribution in [0.5, 0.6) is 5.75 Å². The number of rotatable bonds is 12. The van der Waals surface area contributed by atoms with Gasteiger partial charge in [-0.25, -0.2) is 9.59 Å². The summed E-state index contributed by atoms with van der Waals surface area (Å²) in [5.74, 6) is -1.65. The summed E-state index contributed by atoms with van der Waals surface area (Å²) >= 11 is 0. The molecule has 0 saturated heterocycles. The molecule has 10 heteroatoms. The van der Waals surface area contributed by atoms with Crippen LogP contribution >= 0.6 is 0 Å². The second-order valence-corrected chi connectivity index (χ2v) is 13.7. The van der Waals surface area contributed by atoms with Crippen LogP contribution in [0.25, 0.3) is 0 Å². The molecular weight excluding hydrogens is 574 g/mol. The predicted octanol–water partition coefficient (Wildman–Crippen LogP) is 5.60. The van der Waals surface area contributed by atoms with Gasteiger partial charge in [0.25, 0.3) is 0 Å². The van der Waals surface area contributed by atoms with E-state index in [1.165, 1.54) is 11.0 Å². The largest absolute Gasteiger partial charge is 0.508 e. The highest BCUT2D eigenvalue weighted by molar-refractivity contribution is 5.94. The molecule has 0 aliphatic heterocycles. The van der Waals surface area contributed by atoms with Crippen LogP contribution in [0.3, 0.4) is 0 Å². The number of phenolic OH excluding ortho intramolecular Hbond substituents is 1. The van der Waals surface area contributed by atoms with Gasteiger partial charge in [0, 0.05) is 13.0 Å². The Morgan fingerprint density at radius 3 is 1.98 bits per heavy atom. The molecule has 3 atom stereocenters. The molecule has 0 aliphatic carbocycles. The molecule has 248 valence electrons. The molecule has 0 saturated carbocycles. The van der Waals surface area contributed by atoms with E-state index in [1.54, 1.807) is 67.5 Å². The minimum atomic E-state index is -1.20. The average Bonchev–Trinajstić information content (AvgIpc) is 2.90. The van der Waals surface area contributed by atoms with Gasteiger partial charge in [0.1, 0.15) is 35.1 Å². The lowest BCUT2D eigenvalue weighted by molar-refractivity contribution is -0.159. The number of amides is 3. The van der Waals surface area contributed by atoms with E-state index >= 15 is 0 Å². The van der Waals surface area contributed by atoms with E-state index in [4.69, 9.17) is 9.47 Å². The molecule has 2 rings (SSSR count). The van der Waals surface area contributed by atoms with Crippen molar-refractivity contribution < 1.29 is 33.8 Å². The lowest BCUT2D eigenvalue weighted by Gasteiger charge is -2.35. The third-order valence-electron chi connectivity index (χ3n) is 6.71. The Kier molecular flexibility index (Phi) is 13.0. The Hall–Kier alpha value is -4.08. The van der Waals surface area contributed by atoms with Crippen LogP contribution in [0.4, 0.5) is 4.79 Å². The van der Waals surface area contributed by atoms with Crippen LogP contribution in [0.15, 0.2) is 48.5 Å². The van der Waals surface area contributed by atoms with Crippen molar-refractivity contribution in [3.8, 4) is 5.75 Å². The van der Waals surface area contributed by atoms with E-state index in [2.05, 4.69) is 10.6 Å². The first-order valence-electron chi connectivity index (χ1n) is 15.5. The molecule has 0 heterocycles. The van der Waals surface area contributed by atoms with E-state index in [-0.39, 0.29) is 24.6 Å². The van der Waals surface area contributed by atoms with Crippen molar-refractivity contribution in [3.63, 3.8) is 0 Å². The van der Waals surface area contributed by atoms with Gasteiger partial charge in [-0.15, -0.1) is 0 Å². The fourth-order valence-electron chi connectivity index (χ4n) is 4.80. The number of esters is 1. The summed E-state index contributed by atoms with van der Waals surface area (Å²) in [6.45, 7) is 17.8. The number of alkyl carbamates (subject to hydrolysis) is 1. The topological polar surface area (TPSA) is 134 Å². The third-order valence-corrected chi connectivity index (χ3v) is 6.71. The number of likely N-dealkylation sites (N-methyl/N-ethyl adjacent to an activating group) is 1.